The van der Waals surface area contributed by atoms with Crippen LogP contribution in [0.25, 0.3) is 0 Å². The highest BCUT2D eigenvalue weighted by Crippen LogP contribution is 2.09. The van der Waals surface area contributed by atoms with Gasteiger partial charge in [-0.15, -0.1) is 0 Å². The van der Waals surface area contributed by atoms with E-state index in [0.717, 1.165) is 12.0 Å². The molecule has 0 bridgehead atoms. The molecule has 1 rings (SSSR count). The maximum absolute atomic E-state index is 12.0. The first kappa shape index (κ1) is 12.8. The molecule has 1 aromatic rings. The van der Waals surface area contributed by atoms with Crippen molar-refractivity contribution in [3.63, 3.8) is 0 Å². The number of carbonyl (C=O) groups is 1. The Bertz CT molecular complexity index is 329. The molecule has 0 fully saturated rings. The quantitative estimate of drug-likeness (QED) is 0.801. The molecule has 0 saturated heterocycles. The SMILES string of the molecule is CCC(C)C(=O)C(Cc1cccnc1)NC.[HH]. The van der Waals surface area contributed by atoms with E-state index in [1.165, 1.54) is 0 Å². The van der Waals surface area contributed by atoms with Crippen molar-refractivity contribution in [2.75, 3.05) is 7.05 Å². The van der Waals surface area contributed by atoms with E-state index in [4.69, 9.17) is 0 Å². The van der Waals surface area contributed by atoms with Crippen molar-refractivity contribution in [3.8, 4) is 0 Å². The van der Waals surface area contributed by atoms with E-state index in [-0.39, 0.29) is 19.2 Å². The number of nitrogens with zero attached hydrogens (tertiary/aromatic N) is 1. The summed E-state index contributed by atoms with van der Waals surface area (Å²) in [6.45, 7) is 4.02. The predicted octanol–water partition coefficient (Wildman–Crippen LogP) is 2.07. The summed E-state index contributed by atoms with van der Waals surface area (Å²) in [4.78, 5) is 16.1. The van der Waals surface area contributed by atoms with Gasteiger partial charge in [0, 0.05) is 19.7 Å². The summed E-state index contributed by atoms with van der Waals surface area (Å²) in [5.41, 5.74) is 1.10. The molecular weight excluding hydrogens is 200 g/mol. The van der Waals surface area contributed by atoms with E-state index in [0.29, 0.717) is 6.42 Å². The number of Topliss-reactive ketones (excluding diaryl/α,β-unsaturated/α-hetero) is 1. The monoisotopic (exact) mass is 222 g/mol. The highest BCUT2D eigenvalue weighted by atomic mass is 16.1. The Morgan fingerprint density at radius 3 is 2.88 bits per heavy atom. The van der Waals surface area contributed by atoms with Gasteiger partial charge in [0.1, 0.15) is 0 Å². The van der Waals surface area contributed by atoms with E-state index >= 15 is 0 Å². The first-order valence-electron chi connectivity index (χ1n) is 5.79. The number of ketones is 1. The second-order valence-electron chi connectivity index (χ2n) is 4.12. The van der Waals surface area contributed by atoms with Crippen molar-refractivity contribution in [2.24, 2.45) is 5.92 Å². The highest BCUT2D eigenvalue weighted by molar-refractivity contribution is 5.86. The summed E-state index contributed by atoms with van der Waals surface area (Å²) >= 11 is 0. The van der Waals surface area contributed by atoms with Gasteiger partial charge in [0.2, 0.25) is 0 Å². The number of pyridine rings is 1. The number of rotatable bonds is 6. The highest BCUT2D eigenvalue weighted by Gasteiger charge is 2.21. The molecule has 16 heavy (non-hydrogen) atoms. The minimum atomic E-state index is -0.0980. The molecular formula is C13H22N2O. The molecule has 3 nitrogen and oxygen atoms in total. The third-order valence-corrected chi connectivity index (χ3v) is 2.95. The molecule has 1 aromatic heterocycles. The number of likely N-dealkylation sites (N-methyl/N-ethyl adjacent to an activating group) is 1. The van der Waals surface area contributed by atoms with Gasteiger partial charge in [-0.25, -0.2) is 0 Å². The molecule has 2 atom stereocenters. The average molecular weight is 222 g/mol. The molecule has 2 unspecified atom stereocenters. The topological polar surface area (TPSA) is 42.0 Å². The number of nitrogens with one attached hydrogen (secondary N) is 1. The minimum absolute atomic E-state index is 0. The van der Waals surface area contributed by atoms with Crippen molar-refractivity contribution in [3.05, 3.63) is 30.1 Å². The van der Waals surface area contributed by atoms with Gasteiger partial charge in [0.25, 0.3) is 0 Å². The number of hydrogen-bond acceptors (Lipinski definition) is 3. The van der Waals surface area contributed by atoms with Crippen molar-refractivity contribution >= 4 is 5.78 Å². The van der Waals surface area contributed by atoms with Crippen LogP contribution in [0, 0.1) is 5.92 Å². The molecule has 1 heterocycles. The molecule has 0 saturated carbocycles. The summed E-state index contributed by atoms with van der Waals surface area (Å²) in [5.74, 6) is 0.406. The maximum Gasteiger partial charge on any atom is 0.152 e. The maximum atomic E-state index is 12.0. The molecule has 0 radical (unpaired) electrons. The lowest BCUT2D eigenvalue weighted by atomic mass is 9.94. The van der Waals surface area contributed by atoms with Crippen LogP contribution < -0.4 is 5.32 Å². The fraction of sp³-hybridized carbons (Fsp3) is 0.538. The number of aromatic nitrogens is 1. The van der Waals surface area contributed by atoms with Crippen LogP contribution in [0.15, 0.2) is 24.5 Å². The van der Waals surface area contributed by atoms with Crippen molar-refractivity contribution < 1.29 is 6.22 Å². The van der Waals surface area contributed by atoms with E-state index < -0.39 is 0 Å². The molecule has 90 valence electrons. The lowest BCUT2D eigenvalue weighted by Crippen LogP contribution is -2.39. The Kier molecular flexibility index (Phi) is 5.12. The van der Waals surface area contributed by atoms with Gasteiger partial charge in [-0.2, -0.15) is 0 Å². The van der Waals surface area contributed by atoms with Crippen LogP contribution in [0.4, 0.5) is 0 Å². The average Bonchev–Trinajstić information content (AvgIpc) is 2.35. The summed E-state index contributed by atoms with van der Waals surface area (Å²) < 4.78 is 0. The Morgan fingerprint density at radius 2 is 2.38 bits per heavy atom. The Hall–Kier alpha value is -1.22. The van der Waals surface area contributed by atoms with Crippen molar-refractivity contribution in [1.29, 1.82) is 0 Å². The molecule has 0 aliphatic carbocycles. The van der Waals surface area contributed by atoms with Gasteiger partial charge in [-0.3, -0.25) is 9.78 Å². The Labute approximate surface area is 98.8 Å². The Morgan fingerprint density at radius 1 is 1.62 bits per heavy atom. The van der Waals surface area contributed by atoms with Crippen LogP contribution in [-0.2, 0) is 11.2 Å². The first-order chi connectivity index (χ1) is 7.69. The lowest BCUT2D eigenvalue weighted by Gasteiger charge is -2.18. The second-order valence-corrected chi connectivity index (χ2v) is 4.12. The first-order valence-corrected chi connectivity index (χ1v) is 5.79. The fourth-order valence-corrected chi connectivity index (χ4v) is 1.64. The van der Waals surface area contributed by atoms with Crippen LogP contribution in [0.3, 0.4) is 0 Å². The van der Waals surface area contributed by atoms with Gasteiger partial charge >= 0.3 is 0 Å². The van der Waals surface area contributed by atoms with Crippen LogP contribution in [0.5, 0.6) is 0 Å². The van der Waals surface area contributed by atoms with E-state index in [2.05, 4.69) is 10.3 Å². The third-order valence-electron chi connectivity index (χ3n) is 2.95. The molecule has 0 amide bonds. The summed E-state index contributed by atoms with van der Waals surface area (Å²) in [7, 11) is 1.83. The molecule has 0 spiro atoms. The number of carbonyl (C=O) groups excluding carboxylic acids is 1. The summed E-state index contributed by atoms with van der Waals surface area (Å²) in [6.07, 6.45) is 5.17. The third kappa shape index (κ3) is 3.42. The zero-order valence-corrected chi connectivity index (χ0v) is 10.2. The van der Waals surface area contributed by atoms with E-state index in [1.807, 2.05) is 39.2 Å². The smallest absolute Gasteiger partial charge is 0.152 e. The van der Waals surface area contributed by atoms with Gasteiger partial charge in [0.05, 0.1) is 6.04 Å². The lowest BCUT2D eigenvalue weighted by molar-refractivity contribution is -0.124. The van der Waals surface area contributed by atoms with Gasteiger partial charge in [-0.05, 0) is 31.5 Å². The van der Waals surface area contributed by atoms with Crippen LogP contribution >= 0.6 is 0 Å². The standard InChI is InChI=1S/C13H20N2O.H2/c1-4-10(2)13(16)12(14-3)8-11-6-5-7-15-9-11;/h5-7,9-10,12,14H,4,8H2,1-3H3;1H. The normalized spacial score (nSPS) is 14.4. The van der Waals surface area contributed by atoms with Gasteiger partial charge in [-0.1, -0.05) is 19.9 Å². The van der Waals surface area contributed by atoms with Crippen LogP contribution in [0.1, 0.15) is 27.3 Å². The minimum Gasteiger partial charge on any atom is -0.310 e. The largest absolute Gasteiger partial charge is 0.310 e. The van der Waals surface area contributed by atoms with Crippen molar-refractivity contribution in [1.82, 2.24) is 10.3 Å². The summed E-state index contributed by atoms with van der Waals surface area (Å²) in [5, 5.41) is 3.09. The zero-order valence-electron chi connectivity index (χ0n) is 10.2. The fourth-order valence-electron chi connectivity index (χ4n) is 1.64. The van der Waals surface area contributed by atoms with Gasteiger partial charge < -0.3 is 5.32 Å². The Balaban J connectivity index is 0.00000256. The second kappa shape index (κ2) is 6.38. The van der Waals surface area contributed by atoms with Gasteiger partial charge in [0.15, 0.2) is 5.78 Å². The molecule has 0 aliphatic heterocycles. The van der Waals surface area contributed by atoms with E-state index in [1.54, 1.807) is 6.20 Å². The predicted molar refractivity (Wildman–Crippen MR) is 67.4 cm³/mol. The molecule has 0 aromatic carbocycles. The van der Waals surface area contributed by atoms with Crippen molar-refractivity contribution in [2.45, 2.75) is 32.7 Å². The molecule has 3 heteroatoms. The zero-order chi connectivity index (χ0) is 12.0. The van der Waals surface area contributed by atoms with E-state index in [9.17, 15) is 4.79 Å². The summed E-state index contributed by atoms with van der Waals surface area (Å²) in [6, 6.07) is 3.80. The molecule has 0 aliphatic rings. The van der Waals surface area contributed by atoms with Crippen LogP contribution in [0.2, 0.25) is 0 Å². The number of hydrogen-bond donors (Lipinski definition) is 1. The molecule has 1 N–H and O–H groups in total. The van der Waals surface area contributed by atoms with Crippen LogP contribution in [-0.4, -0.2) is 23.9 Å².